The van der Waals surface area contributed by atoms with Crippen molar-refractivity contribution in [3.8, 4) is 0 Å². The molecular formula is C21H36O4. The van der Waals surface area contributed by atoms with Crippen LogP contribution in [0.2, 0.25) is 0 Å². The Kier molecular flexibility index (Phi) is 17.9. The van der Waals surface area contributed by atoms with Gasteiger partial charge in [0.25, 0.3) is 0 Å². The first kappa shape index (κ1) is 23.6. The molecule has 0 aliphatic heterocycles. The molecule has 0 amide bonds. The van der Waals surface area contributed by atoms with Gasteiger partial charge in [-0.1, -0.05) is 62.6 Å². The van der Waals surface area contributed by atoms with Gasteiger partial charge in [0.2, 0.25) is 0 Å². The second kappa shape index (κ2) is 18.9. The number of hydrogen-bond acceptors (Lipinski definition) is 4. The fourth-order valence-electron chi connectivity index (χ4n) is 2.20. The molecule has 0 aliphatic carbocycles. The molecule has 144 valence electrons. The molecule has 0 aromatic heterocycles. The van der Waals surface area contributed by atoms with E-state index in [2.05, 4.69) is 43.4 Å². The Labute approximate surface area is 153 Å². The summed E-state index contributed by atoms with van der Waals surface area (Å²) >= 11 is 0. The van der Waals surface area contributed by atoms with E-state index in [-0.39, 0.29) is 19.2 Å². The number of aliphatic hydroxyl groups is 2. The van der Waals surface area contributed by atoms with Crippen LogP contribution in [0.15, 0.2) is 36.5 Å². The van der Waals surface area contributed by atoms with Crippen molar-refractivity contribution in [1.29, 1.82) is 0 Å². The maximum atomic E-state index is 11.4. The maximum absolute atomic E-state index is 11.4. The highest BCUT2D eigenvalue weighted by Crippen LogP contribution is 2.08. The first-order valence-electron chi connectivity index (χ1n) is 9.60. The lowest BCUT2D eigenvalue weighted by Gasteiger charge is -2.08. The monoisotopic (exact) mass is 352 g/mol. The molecule has 0 radical (unpaired) electrons. The molecule has 0 aromatic rings. The third-order valence-corrected chi connectivity index (χ3v) is 3.68. The van der Waals surface area contributed by atoms with Gasteiger partial charge in [-0.05, 0) is 38.5 Å². The minimum absolute atomic E-state index is 0.119. The van der Waals surface area contributed by atoms with Gasteiger partial charge in [0.1, 0.15) is 12.7 Å². The van der Waals surface area contributed by atoms with Crippen molar-refractivity contribution in [2.24, 2.45) is 0 Å². The topological polar surface area (TPSA) is 66.8 Å². The Hall–Kier alpha value is -1.39. The number of allylic oxidation sites excluding steroid dienone is 6. The molecule has 0 saturated carbocycles. The fourth-order valence-corrected chi connectivity index (χ4v) is 2.20. The van der Waals surface area contributed by atoms with Crippen LogP contribution in [0.3, 0.4) is 0 Å². The molecule has 2 N–H and O–H groups in total. The van der Waals surface area contributed by atoms with Crippen LogP contribution in [-0.4, -0.2) is 35.5 Å². The molecule has 0 saturated heterocycles. The van der Waals surface area contributed by atoms with E-state index in [0.29, 0.717) is 6.42 Å². The smallest absolute Gasteiger partial charge is 0.305 e. The number of rotatable bonds is 16. The van der Waals surface area contributed by atoms with E-state index in [1.54, 1.807) is 0 Å². The van der Waals surface area contributed by atoms with E-state index in [1.165, 1.54) is 12.8 Å². The molecule has 0 bridgehead atoms. The lowest BCUT2D eigenvalue weighted by molar-refractivity contribution is -0.147. The van der Waals surface area contributed by atoms with Crippen molar-refractivity contribution in [3.63, 3.8) is 0 Å². The molecule has 25 heavy (non-hydrogen) atoms. The van der Waals surface area contributed by atoms with Gasteiger partial charge in [0.05, 0.1) is 6.61 Å². The fraction of sp³-hybridized carbons (Fsp3) is 0.667. The lowest BCUT2D eigenvalue weighted by Crippen LogP contribution is -2.21. The Bertz CT molecular complexity index is 385. The van der Waals surface area contributed by atoms with Crippen molar-refractivity contribution in [2.75, 3.05) is 13.2 Å². The average Bonchev–Trinajstić information content (AvgIpc) is 2.62. The predicted octanol–water partition coefficient (Wildman–Crippen LogP) is 4.47. The van der Waals surface area contributed by atoms with Crippen LogP contribution < -0.4 is 0 Å². The first-order chi connectivity index (χ1) is 12.2. The van der Waals surface area contributed by atoms with Crippen molar-refractivity contribution in [3.05, 3.63) is 36.5 Å². The van der Waals surface area contributed by atoms with Gasteiger partial charge in [0.15, 0.2) is 0 Å². The Balaban J connectivity index is 3.34. The van der Waals surface area contributed by atoms with Crippen molar-refractivity contribution >= 4 is 5.97 Å². The number of unbranched alkanes of at least 4 members (excludes halogenated alkanes) is 5. The molecular weight excluding hydrogens is 316 g/mol. The molecule has 0 spiro atoms. The van der Waals surface area contributed by atoms with Crippen LogP contribution >= 0.6 is 0 Å². The van der Waals surface area contributed by atoms with Gasteiger partial charge in [-0.3, -0.25) is 4.79 Å². The summed E-state index contributed by atoms with van der Waals surface area (Å²) in [5.74, 6) is -0.298. The maximum Gasteiger partial charge on any atom is 0.305 e. The molecule has 0 aromatic carbocycles. The third-order valence-electron chi connectivity index (χ3n) is 3.68. The second-order valence-electron chi connectivity index (χ2n) is 6.12. The van der Waals surface area contributed by atoms with Crippen LogP contribution in [0.25, 0.3) is 0 Å². The van der Waals surface area contributed by atoms with Crippen LogP contribution in [0, 0.1) is 0 Å². The van der Waals surface area contributed by atoms with E-state index in [1.807, 2.05) is 0 Å². The van der Waals surface area contributed by atoms with Gasteiger partial charge in [0, 0.05) is 6.42 Å². The molecule has 0 aliphatic rings. The van der Waals surface area contributed by atoms with E-state index in [9.17, 15) is 4.79 Å². The minimum Gasteiger partial charge on any atom is -0.463 e. The summed E-state index contributed by atoms with van der Waals surface area (Å²) in [5, 5.41) is 17.7. The highest BCUT2D eigenvalue weighted by atomic mass is 16.5. The highest BCUT2D eigenvalue weighted by Gasteiger charge is 2.07. The summed E-state index contributed by atoms with van der Waals surface area (Å²) in [6.45, 7) is 1.64. The zero-order chi connectivity index (χ0) is 18.6. The number of hydrogen-bond donors (Lipinski definition) is 2. The first-order valence-corrected chi connectivity index (χ1v) is 9.60. The Morgan fingerprint density at radius 3 is 2.20 bits per heavy atom. The van der Waals surface area contributed by atoms with Crippen LogP contribution in [0.4, 0.5) is 0 Å². The third kappa shape index (κ3) is 18.8. The van der Waals surface area contributed by atoms with Gasteiger partial charge < -0.3 is 14.9 Å². The number of aliphatic hydroxyl groups excluding tert-OH is 2. The van der Waals surface area contributed by atoms with E-state index >= 15 is 0 Å². The zero-order valence-electron chi connectivity index (χ0n) is 15.7. The molecule has 1 atom stereocenters. The number of ether oxygens (including phenoxy) is 1. The summed E-state index contributed by atoms with van der Waals surface area (Å²) < 4.78 is 4.85. The summed E-state index contributed by atoms with van der Waals surface area (Å²) in [7, 11) is 0. The van der Waals surface area contributed by atoms with E-state index in [4.69, 9.17) is 14.9 Å². The molecule has 0 unspecified atom stereocenters. The number of esters is 1. The number of carbonyl (C=O) groups excluding carboxylic acids is 1. The summed E-state index contributed by atoms with van der Waals surface area (Å²) in [6, 6.07) is 0. The summed E-state index contributed by atoms with van der Waals surface area (Å²) in [4.78, 5) is 11.4. The van der Waals surface area contributed by atoms with E-state index in [0.717, 1.165) is 44.9 Å². The Morgan fingerprint density at radius 2 is 1.52 bits per heavy atom. The van der Waals surface area contributed by atoms with Gasteiger partial charge in [-0.2, -0.15) is 0 Å². The number of carbonyl (C=O) groups is 1. The molecule has 4 heteroatoms. The average molecular weight is 353 g/mol. The van der Waals surface area contributed by atoms with Gasteiger partial charge in [-0.25, -0.2) is 0 Å². The molecule has 0 heterocycles. The molecule has 4 nitrogen and oxygen atoms in total. The summed E-state index contributed by atoms with van der Waals surface area (Å²) in [5.41, 5.74) is 0. The van der Waals surface area contributed by atoms with Crippen molar-refractivity contribution in [2.45, 2.75) is 77.2 Å². The van der Waals surface area contributed by atoms with Gasteiger partial charge >= 0.3 is 5.97 Å². The standard InChI is InChI=1S/C21H36O4/c1-2-3-4-5-6-7-8-9-10-11-12-13-14-15-16-17-21(24)25-19-20(23)18-22/h3-4,6-7,9-10,20,22-23H,2,5,8,11-19H2,1H3/b4-3+,7-6+,10-9-/t20-/m1/s1. The van der Waals surface area contributed by atoms with Crippen LogP contribution in [-0.2, 0) is 9.53 Å². The van der Waals surface area contributed by atoms with E-state index < -0.39 is 6.10 Å². The van der Waals surface area contributed by atoms with Gasteiger partial charge in [-0.15, -0.1) is 0 Å². The summed E-state index contributed by atoms with van der Waals surface area (Å²) in [6.07, 6.45) is 22.3. The highest BCUT2D eigenvalue weighted by molar-refractivity contribution is 5.69. The Morgan fingerprint density at radius 1 is 0.920 bits per heavy atom. The molecule has 0 rings (SSSR count). The lowest BCUT2D eigenvalue weighted by atomic mass is 10.1. The largest absolute Gasteiger partial charge is 0.463 e. The zero-order valence-corrected chi connectivity index (χ0v) is 15.7. The van der Waals surface area contributed by atoms with Crippen LogP contribution in [0.5, 0.6) is 0 Å². The quantitative estimate of drug-likeness (QED) is 0.244. The van der Waals surface area contributed by atoms with Crippen molar-refractivity contribution in [1.82, 2.24) is 0 Å². The second-order valence-corrected chi connectivity index (χ2v) is 6.12. The van der Waals surface area contributed by atoms with Crippen molar-refractivity contribution < 1.29 is 19.7 Å². The normalized spacial score (nSPS) is 13.2. The SMILES string of the molecule is CC/C=C/C/C=C/C/C=C\CCCCCCCC(=O)OC[C@H](O)CO. The predicted molar refractivity (Wildman–Crippen MR) is 103 cm³/mol. The van der Waals surface area contributed by atoms with Crippen LogP contribution in [0.1, 0.15) is 71.1 Å². The minimum atomic E-state index is -0.967. The molecule has 0 fully saturated rings.